The number of H-pyrrole nitrogens is 1. The molecule has 0 spiro atoms. The Kier molecular flexibility index (Phi) is 6.27. The minimum Gasteiger partial charge on any atom is -0.356 e. The van der Waals surface area contributed by atoms with Crippen LogP contribution in [0.5, 0.6) is 0 Å². The maximum Gasteiger partial charge on any atom is 0.511 e. The van der Waals surface area contributed by atoms with Gasteiger partial charge >= 0.3 is 15.5 Å². The molecule has 25 heavy (non-hydrogen) atoms. The van der Waals surface area contributed by atoms with Gasteiger partial charge in [-0.25, -0.2) is 8.42 Å². The fourth-order valence-corrected chi connectivity index (χ4v) is 3.51. The van der Waals surface area contributed by atoms with E-state index in [0.29, 0.717) is 36.2 Å². The second-order valence-corrected chi connectivity index (χ2v) is 7.61. The number of alkyl halides is 3. The Bertz CT molecular complexity index is 666. The molecule has 2 rings (SSSR count). The summed E-state index contributed by atoms with van der Waals surface area (Å²) in [6.45, 7) is 0.743. The van der Waals surface area contributed by atoms with Gasteiger partial charge in [0.05, 0.1) is 12.2 Å². The lowest BCUT2D eigenvalue weighted by atomic mass is 9.98. The lowest BCUT2D eigenvalue weighted by molar-refractivity contribution is -0.0496. The summed E-state index contributed by atoms with van der Waals surface area (Å²) in [7, 11) is -3.61. The van der Waals surface area contributed by atoms with Crippen molar-refractivity contribution in [3.63, 3.8) is 0 Å². The molecule has 0 unspecified atom stereocenters. The number of rotatable bonds is 5. The molecule has 0 aromatic carbocycles. The predicted molar refractivity (Wildman–Crippen MR) is 86.1 cm³/mol. The summed E-state index contributed by atoms with van der Waals surface area (Å²) in [5, 5.41) is 12.8. The molecule has 3 N–H and O–H groups in total. The molecule has 2 heterocycles. The zero-order chi connectivity index (χ0) is 18.5. The first-order valence-corrected chi connectivity index (χ1v) is 9.17. The minimum absolute atomic E-state index is 0.0744. The number of aliphatic imine (C=N–C) groups is 1. The van der Waals surface area contributed by atoms with E-state index >= 15 is 0 Å². The average Bonchev–Trinajstić information content (AvgIpc) is 3.08. The number of nitrogens with zero attached hydrogens (tertiary/aromatic N) is 3. The van der Waals surface area contributed by atoms with Crippen molar-refractivity contribution in [1.82, 2.24) is 25.1 Å². The van der Waals surface area contributed by atoms with Crippen LogP contribution in [0.4, 0.5) is 13.2 Å². The highest BCUT2D eigenvalue weighted by atomic mass is 32.2. The number of guanidine groups is 1. The van der Waals surface area contributed by atoms with Gasteiger partial charge in [0.25, 0.3) is 0 Å². The number of aromatic nitrogens is 2. The molecular weight excluding hydrogens is 361 g/mol. The second-order valence-electron chi connectivity index (χ2n) is 5.68. The van der Waals surface area contributed by atoms with Gasteiger partial charge in [-0.15, -0.1) is 0 Å². The van der Waals surface area contributed by atoms with Crippen LogP contribution in [0.25, 0.3) is 0 Å². The predicted octanol–water partition coefficient (Wildman–Crippen LogP) is 0.636. The fourth-order valence-electron chi connectivity index (χ4n) is 2.52. The van der Waals surface area contributed by atoms with Crippen LogP contribution < -0.4 is 10.6 Å². The Labute approximate surface area is 143 Å². The van der Waals surface area contributed by atoms with Crippen molar-refractivity contribution in [1.29, 1.82) is 0 Å². The fraction of sp³-hybridized carbons (Fsp3) is 0.692. The summed E-state index contributed by atoms with van der Waals surface area (Å²) in [5.74, 6) is 0.630. The van der Waals surface area contributed by atoms with Crippen LogP contribution in [0.1, 0.15) is 18.5 Å². The third-order valence-electron chi connectivity index (χ3n) is 3.99. The number of nitrogens with one attached hydrogen (secondary N) is 3. The quantitative estimate of drug-likeness (QED) is 0.512. The second kappa shape index (κ2) is 8.04. The highest BCUT2D eigenvalue weighted by Gasteiger charge is 2.50. The monoisotopic (exact) mass is 382 g/mol. The molecule has 1 aliphatic rings. The van der Waals surface area contributed by atoms with E-state index in [4.69, 9.17) is 0 Å². The van der Waals surface area contributed by atoms with Crippen molar-refractivity contribution in [2.24, 2.45) is 10.9 Å². The van der Waals surface area contributed by atoms with Gasteiger partial charge in [0.2, 0.25) is 0 Å². The summed E-state index contributed by atoms with van der Waals surface area (Å²) >= 11 is 0. The van der Waals surface area contributed by atoms with Gasteiger partial charge < -0.3 is 10.6 Å². The summed E-state index contributed by atoms with van der Waals surface area (Å²) in [6.07, 6.45) is 2.36. The third kappa shape index (κ3) is 5.08. The maximum atomic E-state index is 12.5. The van der Waals surface area contributed by atoms with Crippen LogP contribution in [-0.2, 0) is 16.6 Å². The largest absolute Gasteiger partial charge is 0.511 e. The molecule has 0 aliphatic carbocycles. The lowest BCUT2D eigenvalue weighted by Gasteiger charge is -2.31. The van der Waals surface area contributed by atoms with Gasteiger partial charge in [-0.1, -0.05) is 0 Å². The van der Waals surface area contributed by atoms with Crippen LogP contribution in [0, 0.1) is 5.92 Å². The molecule has 1 aromatic heterocycles. The molecule has 1 saturated heterocycles. The van der Waals surface area contributed by atoms with Crippen LogP contribution in [0.3, 0.4) is 0 Å². The normalized spacial score (nSPS) is 18.3. The Morgan fingerprint density at radius 1 is 1.40 bits per heavy atom. The molecule has 1 aromatic rings. The van der Waals surface area contributed by atoms with E-state index in [9.17, 15) is 21.6 Å². The zero-order valence-electron chi connectivity index (χ0n) is 13.7. The van der Waals surface area contributed by atoms with E-state index in [2.05, 4.69) is 25.8 Å². The molecule has 0 saturated carbocycles. The van der Waals surface area contributed by atoms with Gasteiger partial charge in [-0.3, -0.25) is 10.1 Å². The average molecular weight is 382 g/mol. The van der Waals surface area contributed by atoms with E-state index in [0.717, 1.165) is 5.69 Å². The van der Waals surface area contributed by atoms with E-state index in [1.807, 2.05) is 6.07 Å². The van der Waals surface area contributed by atoms with Gasteiger partial charge in [0, 0.05) is 32.9 Å². The van der Waals surface area contributed by atoms with Crippen LogP contribution in [0.2, 0.25) is 0 Å². The number of halogens is 3. The van der Waals surface area contributed by atoms with Gasteiger partial charge in [0.15, 0.2) is 5.96 Å². The number of hydrogen-bond acceptors (Lipinski definition) is 4. The molecule has 12 heteroatoms. The number of hydrogen-bond donors (Lipinski definition) is 3. The highest BCUT2D eigenvalue weighted by Crippen LogP contribution is 2.30. The summed E-state index contributed by atoms with van der Waals surface area (Å²) in [5.41, 5.74) is -4.36. The summed E-state index contributed by atoms with van der Waals surface area (Å²) in [6, 6.07) is 1.82. The van der Waals surface area contributed by atoms with Crippen molar-refractivity contribution in [2.75, 3.05) is 26.7 Å². The first kappa shape index (κ1) is 19.5. The van der Waals surface area contributed by atoms with Crippen molar-refractivity contribution in [3.05, 3.63) is 18.0 Å². The molecule has 0 atom stereocenters. The molecule has 0 amide bonds. The van der Waals surface area contributed by atoms with Crippen LogP contribution in [-0.4, -0.2) is 61.1 Å². The Morgan fingerprint density at radius 2 is 2.08 bits per heavy atom. The number of sulfonamides is 1. The first-order valence-electron chi connectivity index (χ1n) is 7.73. The smallest absolute Gasteiger partial charge is 0.356 e. The SMILES string of the molecule is CN=C(NCc1ccn[nH]1)NCC1CCN(S(=O)(=O)C(F)(F)F)CC1. The van der Waals surface area contributed by atoms with E-state index in [1.54, 1.807) is 13.2 Å². The Morgan fingerprint density at radius 3 is 2.60 bits per heavy atom. The highest BCUT2D eigenvalue weighted by molar-refractivity contribution is 7.90. The third-order valence-corrected chi connectivity index (χ3v) is 5.62. The lowest BCUT2D eigenvalue weighted by Crippen LogP contribution is -2.47. The topological polar surface area (TPSA) is 102 Å². The standard InChI is InChI=1S/C13H21F3N6O2S/c1-17-12(19-9-11-2-5-20-21-11)18-8-10-3-6-22(7-4-10)25(23,24)13(14,15)16/h2,5,10H,3-4,6-9H2,1H3,(H,20,21)(H2,17,18,19). The molecule has 0 radical (unpaired) electrons. The van der Waals surface area contributed by atoms with Gasteiger partial charge in [-0.05, 0) is 24.8 Å². The summed E-state index contributed by atoms with van der Waals surface area (Å²) in [4.78, 5) is 4.06. The van der Waals surface area contributed by atoms with E-state index < -0.39 is 15.5 Å². The van der Waals surface area contributed by atoms with Gasteiger partial charge in [-0.2, -0.15) is 22.6 Å². The van der Waals surface area contributed by atoms with Gasteiger partial charge in [0.1, 0.15) is 0 Å². The molecule has 1 aliphatic heterocycles. The number of aromatic amines is 1. The number of piperidine rings is 1. The van der Waals surface area contributed by atoms with Crippen molar-refractivity contribution in [2.45, 2.75) is 24.9 Å². The van der Waals surface area contributed by atoms with Crippen LogP contribution in [0.15, 0.2) is 17.3 Å². The van der Waals surface area contributed by atoms with Crippen LogP contribution >= 0.6 is 0 Å². The van der Waals surface area contributed by atoms with E-state index in [-0.39, 0.29) is 19.0 Å². The van der Waals surface area contributed by atoms with Crippen molar-refractivity contribution in [3.8, 4) is 0 Å². The summed E-state index contributed by atoms with van der Waals surface area (Å²) < 4.78 is 60.9. The minimum atomic E-state index is -5.24. The van der Waals surface area contributed by atoms with Crippen molar-refractivity contribution >= 4 is 16.0 Å². The van der Waals surface area contributed by atoms with Crippen molar-refractivity contribution < 1.29 is 21.6 Å². The molecule has 142 valence electrons. The molecule has 0 bridgehead atoms. The molecule has 8 nitrogen and oxygen atoms in total. The zero-order valence-corrected chi connectivity index (χ0v) is 14.5. The first-order chi connectivity index (χ1) is 11.7. The Balaban J connectivity index is 1.76. The molecule has 1 fully saturated rings. The molecular formula is C13H21F3N6O2S. The van der Waals surface area contributed by atoms with E-state index in [1.165, 1.54) is 0 Å². The Hall–Kier alpha value is -1.82. The maximum absolute atomic E-state index is 12.5.